The highest BCUT2D eigenvalue weighted by Gasteiger charge is 2.40. The van der Waals surface area contributed by atoms with Gasteiger partial charge in [0.15, 0.2) is 0 Å². The van der Waals surface area contributed by atoms with E-state index in [-0.39, 0.29) is 17.7 Å². The summed E-state index contributed by atoms with van der Waals surface area (Å²) < 4.78 is 0. The zero-order chi connectivity index (χ0) is 15.4. The van der Waals surface area contributed by atoms with Gasteiger partial charge in [-0.2, -0.15) is 0 Å². The predicted octanol–water partition coefficient (Wildman–Crippen LogP) is 0.908. The van der Waals surface area contributed by atoms with Crippen molar-refractivity contribution in [3.63, 3.8) is 0 Å². The maximum absolute atomic E-state index is 12.1. The molecule has 6 heteroatoms. The van der Waals surface area contributed by atoms with Crippen LogP contribution in [0, 0.1) is 17.8 Å². The zero-order valence-electron chi connectivity index (χ0n) is 12.4. The molecule has 0 radical (unpaired) electrons. The Morgan fingerprint density at radius 2 is 1.81 bits per heavy atom. The minimum atomic E-state index is -0.886. The Hall–Kier alpha value is -1.59. The molecule has 21 heavy (non-hydrogen) atoms. The lowest BCUT2D eigenvalue weighted by molar-refractivity contribution is -0.146. The van der Waals surface area contributed by atoms with Crippen LogP contribution in [0.15, 0.2) is 0 Å². The van der Waals surface area contributed by atoms with E-state index < -0.39 is 17.8 Å². The Labute approximate surface area is 124 Å². The van der Waals surface area contributed by atoms with Gasteiger partial charge in [-0.3, -0.25) is 14.4 Å². The Bertz CT molecular complexity index is 420. The second-order valence-electron chi connectivity index (χ2n) is 6.36. The summed E-state index contributed by atoms with van der Waals surface area (Å²) in [6, 6.07) is 0.364. The molecule has 2 saturated carbocycles. The molecule has 2 fully saturated rings. The summed E-state index contributed by atoms with van der Waals surface area (Å²) >= 11 is 0. The van der Waals surface area contributed by atoms with Crippen LogP contribution in [-0.2, 0) is 14.4 Å². The van der Waals surface area contributed by atoms with E-state index in [1.54, 1.807) is 0 Å². The fraction of sp³-hybridized carbons (Fsp3) is 0.800. The van der Waals surface area contributed by atoms with Gasteiger partial charge in [0, 0.05) is 19.0 Å². The fourth-order valence-corrected chi connectivity index (χ4v) is 2.97. The van der Waals surface area contributed by atoms with Gasteiger partial charge in [0.2, 0.25) is 11.8 Å². The van der Waals surface area contributed by atoms with Crippen molar-refractivity contribution in [2.24, 2.45) is 17.8 Å². The Kier molecular flexibility index (Phi) is 5.20. The van der Waals surface area contributed by atoms with E-state index in [1.165, 1.54) is 0 Å². The third kappa shape index (κ3) is 4.72. The standard InChI is InChI=1S/C15H24N2O4/c1-9-7-11(12(8-9)15(20)21)14(19)16-6-2-3-13(18)17-10-4-5-10/h9-12H,2-8H2,1H3,(H,16,19)(H,17,18)(H,20,21). The molecular formula is C15H24N2O4. The number of carboxylic acid groups (broad SMARTS) is 1. The quantitative estimate of drug-likeness (QED) is 0.608. The molecule has 0 aliphatic heterocycles. The van der Waals surface area contributed by atoms with Crippen molar-refractivity contribution >= 4 is 17.8 Å². The van der Waals surface area contributed by atoms with Crippen molar-refractivity contribution in [2.75, 3.05) is 6.54 Å². The summed E-state index contributed by atoms with van der Waals surface area (Å²) in [6.07, 6.45) is 4.32. The Morgan fingerprint density at radius 3 is 2.43 bits per heavy atom. The summed E-state index contributed by atoms with van der Waals surface area (Å²) in [5.74, 6) is -1.77. The lowest BCUT2D eigenvalue weighted by Gasteiger charge is -2.15. The molecule has 3 N–H and O–H groups in total. The smallest absolute Gasteiger partial charge is 0.307 e. The van der Waals surface area contributed by atoms with Crippen molar-refractivity contribution in [3.8, 4) is 0 Å². The third-order valence-corrected chi connectivity index (χ3v) is 4.27. The van der Waals surface area contributed by atoms with E-state index >= 15 is 0 Å². The summed E-state index contributed by atoms with van der Waals surface area (Å²) in [4.78, 5) is 34.7. The SMILES string of the molecule is CC1CC(C(=O)O)C(C(=O)NCCCC(=O)NC2CC2)C1. The predicted molar refractivity (Wildman–Crippen MR) is 76.4 cm³/mol. The summed E-state index contributed by atoms with van der Waals surface area (Å²) in [5.41, 5.74) is 0. The van der Waals surface area contributed by atoms with Crippen LogP contribution in [0.1, 0.15) is 45.4 Å². The van der Waals surface area contributed by atoms with Crippen molar-refractivity contribution in [3.05, 3.63) is 0 Å². The van der Waals surface area contributed by atoms with Gasteiger partial charge in [-0.25, -0.2) is 0 Å². The van der Waals surface area contributed by atoms with Gasteiger partial charge in [0.05, 0.1) is 11.8 Å². The van der Waals surface area contributed by atoms with Crippen LogP contribution in [0.3, 0.4) is 0 Å². The van der Waals surface area contributed by atoms with Gasteiger partial charge in [0.1, 0.15) is 0 Å². The number of rotatable bonds is 7. The number of aliphatic carboxylic acids is 1. The van der Waals surface area contributed by atoms with E-state index in [2.05, 4.69) is 10.6 Å². The molecule has 2 aliphatic rings. The molecule has 6 nitrogen and oxygen atoms in total. The average Bonchev–Trinajstić information content (AvgIpc) is 3.13. The molecule has 0 heterocycles. The van der Waals surface area contributed by atoms with E-state index in [0.29, 0.717) is 38.3 Å². The van der Waals surface area contributed by atoms with E-state index in [9.17, 15) is 14.4 Å². The largest absolute Gasteiger partial charge is 0.481 e. The van der Waals surface area contributed by atoms with E-state index in [1.807, 2.05) is 6.92 Å². The molecule has 3 unspecified atom stereocenters. The molecular weight excluding hydrogens is 272 g/mol. The van der Waals surface area contributed by atoms with Crippen LogP contribution >= 0.6 is 0 Å². The highest BCUT2D eigenvalue weighted by Crippen LogP contribution is 2.36. The summed E-state index contributed by atoms with van der Waals surface area (Å²) in [5, 5.41) is 14.8. The third-order valence-electron chi connectivity index (χ3n) is 4.27. The molecule has 0 aromatic carbocycles. The number of carbonyl (C=O) groups excluding carboxylic acids is 2. The van der Waals surface area contributed by atoms with Crippen LogP contribution in [0.4, 0.5) is 0 Å². The number of carboxylic acids is 1. The Balaban J connectivity index is 1.66. The van der Waals surface area contributed by atoms with Gasteiger partial charge in [-0.05, 0) is 38.0 Å². The lowest BCUT2D eigenvalue weighted by Crippen LogP contribution is -2.36. The zero-order valence-corrected chi connectivity index (χ0v) is 12.4. The van der Waals surface area contributed by atoms with Crippen molar-refractivity contribution < 1.29 is 19.5 Å². The molecule has 3 atom stereocenters. The van der Waals surface area contributed by atoms with Crippen LogP contribution in [-0.4, -0.2) is 35.5 Å². The number of hydrogen-bond donors (Lipinski definition) is 3. The molecule has 0 aromatic heterocycles. The first-order chi connectivity index (χ1) is 9.97. The van der Waals surface area contributed by atoms with Gasteiger partial charge in [0.25, 0.3) is 0 Å². The maximum Gasteiger partial charge on any atom is 0.307 e. The first-order valence-corrected chi connectivity index (χ1v) is 7.77. The molecule has 2 rings (SSSR count). The monoisotopic (exact) mass is 296 g/mol. The van der Waals surface area contributed by atoms with Crippen molar-refractivity contribution in [2.45, 2.75) is 51.5 Å². The molecule has 0 spiro atoms. The van der Waals surface area contributed by atoms with Gasteiger partial charge < -0.3 is 15.7 Å². The first-order valence-electron chi connectivity index (χ1n) is 7.77. The van der Waals surface area contributed by atoms with E-state index in [0.717, 1.165) is 12.8 Å². The molecule has 0 bridgehead atoms. The van der Waals surface area contributed by atoms with Crippen LogP contribution in [0.25, 0.3) is 0 Å². The van der Waals surface area contributed by atoms with Crippen LogP contribution in [0.5, 0.6) is 0 Å². The number of carbonyl (C=O) groups is 3. The maximum atomic E-state index is 12.1. The lowest BCUT2D eigenvalue weighted by atomic mass is 9.95. The minimum absolute atomic E-state index is 0.0321. The van der Waals surface area contributed by atoms with Gasteiger partial charge in [-0.1, -0.05) is 6.92 Å². The number of amides is 2. The normalized spacial score (nSPS) is 28.1. The number of hydrogen-bond acceptors (Lipinski definition) is 3. The molecule has 0 saturated heterocycles. The van der Waals surface area contributed by atoms with Crippen LogP contribution < -0.4 is 10.6 Å². The Morgan fingerprint density at radius 1 is 1.14 bits per heavy atom. The van der Waals surface area contributed by atoms with Crippen molar-refractivity contribution in [1.29, 1.82) is 0 Å². The van der Waals surface area contributed by atoms with E-state index in [4.69, 9.17) is 5.11 Å². The topological polar surface area (TPSA) is 95.5 Å². The molecule has 118 valence electrons. The highest BCUT2D eigenvalue weighted by atomic mass is 16.4. The second kappa shape index (κ2) is 6.91. The second-order valence-corrected chi connectivity index (χ2v) is 6.36. The summed E-state index contributed by atoms with van der Waals surface area (Å²) in [7, 11) is 0. The molecule has 2 aliphatic carbocycles. The van der Waals surface area contributed by atoms with Gasteiger partial charge >= 0.3 is 5.97 Å². The van der Waals surface area contributed by atoms with Crippen LogP contribution in [0.2, 0.25) is 0 Å². The number of nitrogens with one attached hydrogen (secondary N) is 2. The first kappa shape index (κ1) is 15.8. The fourth-order valence-electron chi connectivity index (χ4n) is 2.97. The van der Waals surface area contributed by atoms with Crippen molar-refractivity contribution in [1.82, 2.24) is 10.6 Å². The average molecular weight is 296 g/mol. The molecule has 2 amide bonds. The molecule has 0 aromatic rings. The van der Waals surface area contributed by atoms with Gasteiger partial charge in [-0.15, -0.1) is 0 Å². The minimum Gasteiger partial charge on any atom is -0.481 e. The summed E-state index contributed by atoms with van der Waals surface area (Å²) in [6.45, 7) is 2.40. The highest BCUT2D eigenvalue weighted by molar-refractivity contribution is 5.85.